The number of nitrogens with zero attached hydrogens (tertiary/aromatic N) is 2. The molecule has 0 aromatic carbocycles. The van der Waals surface area contributed by atoms with E-state index in [4.69, 9.17) is 10.5 Å². The Morgan fingerprint density at radius 3 is 3.00 bits per heavy atom. The molecule has 0 aliphatic rings. The number of halogens is 1. The fraction of sp³-hybridized carbons (Fsp3) is 0.364. The maximum absolute atomic E-state index is 5.79. The van der Waals surface area contributed by atoms with E-state index in [1.807, 2.05) is 29.7 Å². The molecule has 2 rings (SSSR count). The number of methoxy groups -OCH3 is 1. The van der Waals surface area contributed by atoms with Gasteiger partial charge in [0.15, 0.2) is 0 Å². The van der Waals surface area contributed by atoms with Crippen LogP contribution in [0.1, 0.15) is 12.7 Å². The van der Waals surface area contributed by atoms with E-state index >= 15 is 0 Å². The van der Waals surface area contributed by atoms with Gasteiger partial charge < -0.3 is 14.9 Å². The minimum absolute atomic E-state index is 0.0969. The quantitative estimate of drug-likeness (QED) is 0.937. The molecule has 1 unspecified atom stereocenters. The first kappa shape index (κ1) is 11.4. The van der Waals surface area contributed by atoms with Crippen molar-refractivity contribution in [2.45, 2.75) is 19.4 Å². The Kier molecular flexibility index (Phi) is 3.16. The number of hydrogen-bond donors (Lipinski definition) is 1. The highest BCUT2D eigenvalue weighted by Gasteiger charge is 2.11. The molecule has 2 N–H and O–H groups in total. The van der Waals surface area contributed by atoms with Gasteiger partial charge in [0.1, 0.15) is 16.2 Å². The Bertz CT molecular complexity index is 507. The average Bonchev–Trinajstić information content (AvgIpc) is 2.54. The minimum Gasteiger partial charge on any atom is -0.497 e. The highest BCUT2D eigenvalue weighted by Crippen LogP contribution is 2.23. The van der Waals surface area contributed by atoms with Crippen molar-refractivity contribution in [3.63, 3.8) is 0 Å². The first-order valence-electron chi connectivity index (χ1n) is 5.08. The molecule has 2 aromatic rings. The summed E-state index contributed by atoms with van der Waals surface area (Å²) < 4.78 is 8.03. The van der Waals surface area contributed by atoms with Crippen molar-refractivity contribution in [3.05, 3.63) is 28.8 Å². The molecule has 5 heteroatoms. The lowest BCUT2D eigenvalue weighted by atomic mass is 10.2. The smallest absolute Gasteiger partial charge is 0.132 e. The first-order chi connectivity index (χ1) is 7.61. The second-order valence-corrected chi connectivity index (χ2v) is 4.57. The van der Waals surface area contributed by atoms with E-state index in [1.54, 1.807) is 7.11 Å². The van der Waals surface area contributed by atoms with Crippen LogP contribution in [0.25, 0.3) is 5.52 Å². The zero-order valence-corrected chi connectivity index (χ0v) is 10.9. The predicted molar refractivity (Wildman–Crippen MR) is 66.8 cm³/mol. The number of nitrogens with two attached hydrogens (primary N) is 1. The summed E-state index contributed by atoms with van der Waals surface area (Å²) in [6.07, 6.45) is 2.70. The van der Waals surface area contributed by atoms with Crippen molar-refractivity contribution < 1.29 is 4.74 Å². The van der Waals surface area contributed by atoms with Gasteiger partial charge in [0.25, 0.3) is 0 Å². The molecule has 2 heterocycles. The van der Waals surface area contributed by atoms with Gasteiger partial charge in [-0.15, -0.1) is 0 Å². The van der Waals surface area contributed by atoms with Crippen LogP contribution in [0.2, 0.25) is 0 Å². The van der Waals surface area contributed by atoms with Gasteiger partial charge in [-0.1, -0.05) is 0 Å². The highest BCUT2D eigenvalue weighted by atomic mass is 79.9. The molecule has 0 spiro atoms. The number of hydrogen-bond acceptors (Lipinski definition) is 3. The van der Waals surface area contributed by atoms with Crippen molar-refractivity contribution >= 4 is 21.4 Å². The monoisotopic (exact) mass is 283 g/mol. The van der Waals surface area contributed by atoms with E-state index in [2.05, 4.69) is 20.9 Å². The van der Waals surface area contributed by atoms with E-state index in [0.29, 0.717) is 0 Å². The van der Waals surface area contributed by atoms with E-state index in [0.717, 1.165) is 28.1 Å². The van der Waals surface area contributed by atoms with Crippen LogP contribution in [0.15, 0.2) is 22.9 Å². The lowest BCUT2D eigenvalue weighted by molar-refractivity contribution is 0.414. The van der Waals surface area contributed by atoms with Crippen LogP contribution in [-0.4, -0.2) is 22.5 Å². The van der Waals surface area contributed by atoms with Gasteiger partial charge in [-0.25, -0.2) is 4.98 Å². The van der Waals surface area contributed by atoms with Crippen molar-refractivity contribution in [2.75, 3.05) is 7.11 Å². The number of imidazole rings is 1. The minimum atomic E-state index is 0.0969. The second kappa shape index (κ2) is 4.43. The SMILES string of the molecule is COc1ccn2c(CC(C)N)nc(Br)c2c1. The molecule has 0 fully saturated rings. The molecule has 0 bridgehead atoms. The third-order valence-electron chi connectivity index (χ3n) is 2.38. The zero-order valence-electron chi connectivity index (χ0n) is 9.27. The van der Waals surface area contributed by atoms with Gasteiger partial charge in [0.05, 0.1) is 12.6 Å². The predicted octanol–water partition coefficient (Wildman–Crippen LogP) is 2.00. The van der Waals surface area contributed by atoms with Gasteiger partial charge in [-0.05, 0) is 28.9 Å². The van der Waals surface area contributed by atoms with Crippen LogP contribution in [0.5, 0.6) is 5.75 Å². The van der Waals surface area contributed by atoms with Crippen LogP contribution in [-0.2, 0) is 6.42 Å². The molecule has 2 aromatic heterocycles. The molecule has 86 valence electrons. The Labute approximate surface area is 103 Å². The summed E-state index contributed by atoms with van der Waals surface area (Å²) in [7, 11) is 1.65. The molecule has 0 aliphatic carbocycles. The largest absolute Gasteiger partial charge is 0.497 e. The Hall–Kier alpha value is -1.07. The van der Waals surface area contributed by atoms with Crippen LogP contribution >= 0.6 is 15.9 Å². The number of pyridine rings is 1. The molecule has 16 heavy (non-hydrogen) atoms. The van der Waals surface area contributed by atoms with Crippen molar-refractivity contribution in [1.29, 1.82) is 0 Å². The number of aromatic nitrogens is 2. The van der Waals surface area contributed by atoms with Crippen molar-refractivity contribution in [1.82, 2.24) is 9.38 Å². The lowest BCUT2D eigenvalue weighted by Gasteiger charge is -2.05. The maximum Gasteiger partial charge on any atom is 0.132 e. The normalized spacial score (nSPS) is 13.0. The number of rotatable bonds is 3. The average molecular weight is 284 g/mol. The number of fused-ring (bicyclic) bond motifs is 1. The molecule has 0 aliphatic heterocycles. The Balaban J connectivity index is 2.53. The van der Waals surface area contributed by atoms with Crippen molar-refractivity contribution in [3.8, 4) is 5.75 Å². The summed E-state index contributed by atoms with van der Waals surface area (Å²) >= 11 is 3.44. The molecule has 0 saturated carbocycles. The van der Waals surface area contributed by atoms with Gasteiger partial charge in [-0.2, -0.15) is 0 Å². The fourth-order valence-corrected chi connectivity index (χ4v) is 2.16. The maximum atomic E-state index is 5.79. The van der Waals surface area contributed by atoms with Crippen LogP contribution in [0, 0.1) is 0 Å². The van der Waals surface area contributed by atoms with E-state index in [-0.39, 0.29) is 6.04 Å². The zero-order chi connectivity index (χ0) is 11.7. The fourth-order valence-electron chi connectivity index (χ4n) is 1.65. The summed E-state index contributed by atoms with van der Waals surface area (Å²) in [6, 6.07) is 3.95. The molecular formula is C11H14BrN3O. The first-order valence-corrected chi connectivity index (χ1v) is 5.87. The van der Waals surface area contributed by atoms with Gasteiger partial charge in [-0.3, -0.25) is 0 Å². The van der Waals surface area contributed by atoms with Gasteiger partial charge >= 0.3 is 0 Å². The van der Waals surface area contributed by atoms with Crippen LogP contribution in [0.3, 0.4) is 0 Å². The summed E-state index contributed by atoms with van der Waals surface area (Å²) in [5.41, 5.74) is 6.78. The molecule has 4 nitrogen and oxygen atoms in total. The number of ether oxygens (including phenoxy) is 1. The second-order valence-electron chi connectivity index (χ2n) is 3.82. The van der Waals surface area contributed by atoms with Gasteiger partial charge in [0.2, 0.25) is 0 Å². The standard InChI is InChI=1S/C11H14BrN3O/c1-7(13)5-10-14-11(12)9-6-8(16-2)3-4-15(9)10/h3-4,6-7H,5,13H2,1-2H3. The molecule has 0 amide bonds. The van der Waals surface area contributed by atoms with Crippen molar-refractivity contribution in [2.24, 2.45) is 5.73 Å². The summed E-state index contributed by atoms with van der Waals surface area (Å²) in [4.78, 5) is 4.45. The van der Waals surface area contributed by atoms with E-state index in [9.17, 15) is 0 Å². The third-order valence-corrected chi connectivity index (χ3v) is 2.97. The third kappa shape index (κ3) is 2.05. The molecule has 0 radical (unpaired) electrons. The summed E-state index contributed by atoms with van der Waals surface area (Å²) in [5.74, 6) is 1.78. The van der Waals surface area contributed by atoms with E-state index in [1.165, 1.54) is 0 Å². The molecule has 1 atom stereocenters. The summed E-state index contributed by atoms with van der Waals surface area (Å²) in [6.45, 7) is 1.97. The summed E-state index contributed by atoms with van der Waals surface area (Å²) in [5, 5.41) is 0. The lowest BCUT2D eigenvalue weighted by Crippen LogP contribution is -2.19. The van der Waals surface area contributed by atoms with Gasteiger partial charge in [0, 0.05) is 24.7 Å². The van der Waals surface area contributed by atoms with E-state index < -0.39 is 0 Å². The molecule has 0 saturated heterocycles. The highest BCUT2D eigenvalue weighted by molar-refractivity contribution is 9.10. The molecular weight excluding hydrogens is 270 g/mol. The topological polar surface area (TPSA) is 52.5 Å². The Morgan fingerprint density at radius 2 is 2.38 bits per heavy atom. The van der Waals surface area contributed by atoms with Crippen LogP contribution < -0.4 is 10.5 Å². The van der Waals surface area contributed by atoms with Crippen LogP contribution in [0.4, 0.5) is 0 Å². The Morgan fingerprint density at radius 1 is 1.62 bits per heavy atom.